The van der Waals surface area contributed by atoms with Crippen LogP contribution in [0.5, 0.6) is 5.75 Å². The highest BCUT2D eigenvalue weighted by Gasteiger charge is 2.28. The van der Waals surface area contributed by atoms with E-state index in [0.717, 1.165) is 5.56 Å². The first-order valence-electron chi connectivity index (χ1n) is 6.24. The molecule has 0 heterocycles. The fourth-order valence-electron chi connectivity index (χ4n) is 2.23. The van der Waals surface area contributed by atoms with Gasteiger partial charge in [-0.05, 0) is 30.7 Å². The molecule has 2 rings (SSSR count). The number of benzene rings is 2. The molecule has 0 amide bonds. The summed E-state index contributed by atoms with van der Waals surface area (Å²) in [5.74, 6) is 0.640. The summed E-state index contributed by atoms with van der Waals surface area (Å²) in [6, 6.07) is 12.7. The standard InChI is InChI=1S/C16H16Cl2O2/c1-16(19,12-6-3-4-9-15(12)20-2)10-11-13(17)7-5-8-14(11)18/h3-9,19H,10H2,1-2H3. The summed E-state index contributed by atoms with van der Waals surface area (Å²) in [5.41, 5.74) is 0.312. The van der Waals surface area contributed by atoms with Crippen LogP contribution in [0, 0.1) is 0 Å². The largest absolute Gasteiger partial charge is 0.496 e. The maximum absolute atomic E-state index is 10.8. The summed E-state index contributed by atoms with van der Waals surface area (Å²) in [6.45, 7) is 1.73. The van der Waals surface area contributed by atoms with E-state index >= 15 is 0 Å². The van der Waals surface area contributed by atoms with Gasteiger partial charge in [0.05, 0.1) is 12.7 Å². The minimum absolute atomic E-state index is 0.311. The van der Waals surface area contributed by atoms with Crippen LogP contribution in [0.15, 0.2) is 42.5 Å². The predicted octanol–water partition coefficient (Wildman–Crippen LogP) is 4.45. The Morgan fingerprint density at radius 1 is 1.05 bits per heavy atom. The van der Waals surface area contributed by atoms with Crippen LogP contribution < -0.4 is 4.74 Å². The molecule has 2 nitrogen and oxygen atoms in total. The van der Waals surface area contributed by atoms with Gasteiger partial charge in [0.1, 0.15) is 5.75 Å². The number of ether oxygens (including phenoxy) is 1. The smallest absolute Gasteiger partial charge is 0.124 e. The van der Waals surface area contributed by atoms with Gasteiger partial charge in [-0.15, -0.1) is 0 Å². The molecule has 0 aliphatic heterocycles. The van der Waals surface area contributed by atoms with Crippen LogP contribution >= 0.6 is 23.2 Å². The third-order valence-corrected chi connectivity index (χ3v) is 3.98. The number of aliphatic hydroxyl groups is 1. The van der Waals surface area contributed by atoms with Crippen LogP contribution in [0.2, 0.25) is 10.0 Å². The molecule has 0 saturated heterocycles. The third-order valence-electron chi connectivity index (χ3n) is 3.27. The minimum Gasteiger partial charge on any atom is -0.496 e. The van der Waals surface area contributed by atoms with Crippen molar-refractivity contribution < 1.29 is 9.84 Å². The Kier molecular flexibility index (Phi) is 4.59. The van der Waals surface area contributed by atoms with Crippen LogP contribution in [0.3, 0.4) is 0 Å². The maximum atomic E-state index is 10.8. The molecule has 0 aliphatic rings. The zero-order valence-corrected chi connectivity index (χ0v) is 12.9. The average Bonchev–Trinajstić information content (AvgIpc) is 2.43. The van der Waals surface area contributed by atoms with E-state index < -0.39 is 5.60 Å². The van der Waals surface area contributed by atoms with Gasteiger partial charge in [-0.1, -0.05) is 47.5 Å². The van der Waals surface area contributed by atoms with Gasteiger partial charge in [0.15, 0.2) is 0 Å². The van der Waals surface area contributed by atoms with Crippen LogP contribution in [-0.2, 0) is 12.0 Å². The van der Waals surface area contributed by atoms with Gasteiger partial charge in [0, 0.05) is 22.0 Å². The molecule has 4 heteroatoms. The molecular formula is C16H16Cl2O2. The van der Waals surface area contributed by atoms with Crippen molar-refractivity contribution in [3.05, 3.63) is 63.6 Å². The molecule has 20 heavy (non-hydrogen) atoms. The number of hydrogen-bond acceptors (Lipinski definition) is 2. The summed E-state index contributed by atoms with van der Waals surface area (Å²) < 4.78 is 5.30. The van der Waals surface area contributed by atoms with Crippen molar-refractivity contribution in [2.75, 3.05) is 7.11 Å². The molecule has 0 spiro atoms. The summed E-state index contributed by atoms with van der Waals surface area (Å²) in [7, 11) is 1.58. The number of hydrogen-bond donors (Lipinski definition) is 1. The van der Waals surface area contributed by atoms with Gasteiger partial charge >= 0.3 is 0 Å². The van der Waals surface area contributed by atoms with Crippen LogP contribution in [-0.4, -0.2) is 12.2 Å². The molecule has 2 aromatic rings. The second-order valence-corrected chi connectivity index (χ2v) is 5.67. The Balaban J connectivity index is 2.41. The molecule has 2 aromatic carbocycles. The van der Waals surface area contributed by atoms with Crippen molar-refractivity contribution in [1.29, 1.82) is 0 Å². The van der Waals surface area contributed by atoms with Gasteiger partial charge in [0.25, 0.3) is 0 Å². The van der Waals surface area contributed by atoms with E-state index in [0.29, 0.717) is 27.8 Å². The fourth-order valence-corrected chi connectivity index (χ4v) is 2.76. The fraction of sp³-hybridized carbons (Fsp3) is 0.250. The lowest BCUT2D eigenvalue weighted by molar-refractivity contribution is 0.0550. The number of para-hydroxylation sites is 1. The molecule has 0 aromatic heterocycles. The first-order chi connectivity index (χ1) is 9.45. The van der Waals surface area contributed by atoms with E-state index in [-0.39, 0.29) is 0 Å². The topological polar surface area (TPSA) is 29.5 Å². The highest BCUT2D eigenvalue weighted by Crippen LogP contribution is 2.36. The van der Waals surface area contributed by atoms with E-state index in [9.17, 15) is 5.11 Å². The van der Waals surface area contributed by atoms with Gasteiger partial charge in [0.2, 0.25) is 0 Å². The van der Waals surface area contributed by atoms with Gasteiger partial charge in [-0.25, -0.2) is 0 Å². The summed E-state index contributed by atoms with van der Waals surface area (Å²) in [5, 5.41) is 11.9. The number of halogens is 2. The Bertz CT molecular complexity index is 589. The van der Waals surface area contributed by atoms with Gasteiger partial charge in [-0.2, -0.15) is 0 Å². The Labute approximate surface area is 128 Å². The maximum Gasteiger partial charge on any atom is 0.124 e. The molecule has 0 bridgehead atoms. The molecule has 1 atom stereocenters. The molecule has 0 fully saturated rings. The normalized spacial score (nSPS) is 13.8. The lowest BCUT2D eigenvalue weighted by Crippen LogP contribution is -2.25. The number of methoxy groups -OCH3 is 1. The van der Waals surface area contributed by atoms with E-state index in [1.165, 1.54) is 0 Å². The lowest BCUT2D eigenvalue weighted by atomic mass is 9.88. The van der Waals surface area contributed by atoms with E-state index in [1.807, 2.05) is 24.3 Å². The van der Waals surface area contributed by atoms with E-state index in [2.05, 4.69) is 0 Å². The monoisotopic (exact) mass is 310 g/mol. The number of rotatable bonds is 4. The molecule has 1 N–H and O–H groups in total. The van der Waals surface area contributed by atoms with E-state index in [1.54, 1.807) is 32.2 Å². The quantitative estimate of drug-likeness (QED) is 0.904. The lowest BCUT2D eigenvalue weighted by Gasteiger charge is -2.26. The molecule has 0 saturated carbocycles. The second kappa shape index (κ2) is 6.04. The third kappa shape index (κ3) is 3.09. The Morgan fingerprint density at radius 2 is 1.65 bits per heavy atom. The first-order valence-corrected chi connectivity index (χ1v) is 7.00. The Hall–Kier alpha value is -1.22. The molecule has 0 aliphatic carbocycles. The summed E-state index contributed by atoms with van der Waals surface area (Å²) in [6.07, 6.45) is 0.311. The van der Waals surface area contributed by atoms with Gasteiger partial charge in [-0.3, -0.25) is 0 Å². The van der Waals surface area contributed by atoms with Crippen LogP contribution in [0.25, 0.3) is 0 Å². The van der Waals surface area contributed by atoms with Crippen molar-refractivity contribution in [2.45, 2.75) is 18.9 Å². The Morgan fingerprint density at radius 3 is 2.25 bits per heavy atom. The summed E-state index contributed by atoms with van der Waals surface area (Å²) in [4.78, 5) is 0. The summed E-state index contributed by atoms with van der Waals surface area (Å²) >= 11 is 12.3. The average molecular weight is 311 g/mol. The van der Waals surface area contributed by atoms with Crippen molar-refractivity contribution in [2.24, 2.45) is 0 Å². The minimum atomic E-state index is -1.12. The second-order valence-electron chi connectivity index (χ2n) is 4.85. The van der Waals surface area contributed by atoms with Gasteiger partial charge < -0.3 is 9.84 Å². The highest BCUT2D eigenvalue weighted by atomic mass is 35.5. The molecule has 106 valence electrons. The SMILES string of the molecule is COc1ccccc1C(C)(O)Cc1c(Cl)cccc1Cl. The zero-order valence-electron chi connectivity index (χ0n) is 11.4. The van der Waals surface area contributed by atoms with E-state index in [4.69, 9.17) is 27.9 Å². The predicted molar refractivity (Wildman–Crippen MR) is 82.7 cm³/mol. The molecule has 0 radical (unpaired) electrons. The highest BCUT2D eigenvalue weighted by molar-refractivity contribution is 6.36. The zero-order chi connectivity index (χ0) is 14.8. The van der Waals surface area contributed by atoms with Crippen LogP contribution in [0.4, 0.5) is 0 Å². The molecule has 1 unspecified atom stereocenters. The first kappa shape index (κ1) is 15.2. The van der Waals surface area contributed by atoms with Crippen molar-refractivity contribution in [3.63, 3.8) is 0 Å². The van der Waals surface area contributed by atoms with Crippen LogP contribution in [0.1, 0.15) is 18.1 Å². The van der Waals surface area contributed by atoms with Crippen molar-refractivity contribution >= 4 is 23.2 Å². The van der Waals surface area contributed by atoms with Crippen molar-refractivity contribution in [1.82, 2.24) is 0 Å². The van der Waals surface area contributed by atoms with Crippen molar-refractivity contribution in [3.8, 4) is 5.75 Å². The molecular weight excluding hydrogens is 295 g/mol.